The summed E-state index contributed by atoms with van der Waals surface area (Å²) in [5.74, 6) is -0.0137. The molecular weight excluding hydrogens is 254 g/mol. The molecule has 0 spiro atoms. The Kier molecular flexibility index (Phi) is 6.25. The molecule has 1 amide bonds. The molecule has 0 radical (unpaired) electrons. The Bertz CT molecular complexity index is 377. The van der Waals surface area contributed by atoms with Gasteiger partial charge in [0.25, 0.3) is 0 Å². The number of sulfonamides is 1. The highest BCUT2D eigenvalue weighted by molar-refractivity contribution is 7.88. The molecule has 7 heteroatoms. The van der Waals surface area contributed by atoms with E-state index in [1.165, 1.54) is 0 Å². The molecule has 18 heavy (non-hydrogen) atoms. The lowest BCUT2D eigenvalue weighted by Crippen LogP contribution is -2.51. The molecule has 0 aliphatic carbocycles. The topological polar surface area (TPSA) is 78.5 Å². The van der Waals surface area contributed by atoms with Crippen molar-refractivity contribution in [3.8, 4) is 0 Å². The van der Waals surface area contributed by atoms with Crippen LogP contribution in [0.2, 0.25) is 0 Å². The van der Waals surface area contributed by atoms with E-state index in [1.807, 2.05) is 13.8 Å². The lowest BCUT2D eigenvalue weighted by molar-refractivity contribution is -0.130. The Morgan fingerprint density at radius 3 is 2.22 bits per heavy atom. The van der Waals surface area contributed by atoms with E-state index in [1.54, 1.807) is 25.8 Å². The summed E-state index contributed by atoms with van der Waals surface area (Å²) in [5, 5.41) is 2.97. The van der Waals surface area contributed by atoms with Crippen LogP contribution in [0.15, 0.2) is 0 Å². The first-order valence-electron chi connectivity index (χ1n) is 5.90. The molecule has 2 N–H and O–H groups in total. The monoisotopic (exact) mass is 279 g/mol. The minimum Gasteiger partial charge on any atom is -0.342 e. The zero-order chi connectivity index (χ0) is 14.6. The molecule has 0 unspecified atom stereocenters. The van der Waals surface area contributed by atoms with Gasteiger partial charge in [-0.2, -0.15) is 0 Å². The zero-order valence-electron chi connectivity index (χ0n) is 12.1. The average Bonchev–Trinajstić information content (AvgIpc) is 2.11. The molecule has 0 saturated carbocycles. The number of carbonyl (C=O) groups excluding carboxylic acids is 1. The van der Waals surface area contributed by atoms with Crippen LogP contribution >= 0.6 is 0 Å². The largest absolute Gasteiger partial charge is 0.342 e. The van der Waals surface area contributed by atoms with Crippen LogP contribution < -0.4 is 10.0 Å². The zero-order valence-corrected chi connectivity index (χ0v) is 12.9. The van der Waals surface area contributed by atoms with Crippen LogP contribution in [0.5, 0.6) is 0 Å². The summed E-state index contributed by atoms with van der Waals surface area (Å²) in [7, 11) is -1.50. The van der Waals surface area contributed by atoms with Gasteiger partial charge in [0.05, 0.1) is 12.8 Å². The fraction of sp³-hybridized carbons (Fsp3) is 0.909. The first-order valence-corrected chi connectivity index (χ1v) is 7.79. The number of rotatable bonds is 7. The standard InChI is InChI=1S/C11H25N3O3S/c1-9(2)14(5)10(15)7-12-8-11(3,4)13-18(6,16)17/h9,12-13H,7-8H2,1-6H3. The van der Waals surface area contributed by atoms with Crippen molar-refractivity contribution < 1.29 is 13.2 Å². The van der Waals surface area contributed by atoms with Crippen LogP contribution in [0.25, 0.3) is 0 Å². The van der Waals surface area contributed by atoms with Crippen LogP contribution in [0, 0.1) is 0 Å². The summed E-state index contributed by atoms with van der Waals surface area (Å²) in [6.07, 6.45) is 1.12. The number of amides is 1. The Balaban J connectivity index is 4.15. The Morgan fingerprint density at radius 1 is 1.33 bits per heavy atom. The van der Waals surface area contributed by atoms with Crippen molar-refractivity contribution in [2.24, 2.45) is 0 Å². The van der Waals surface area contributed by atoms with Gasteiger partial charge >= 0.3 is 0 Å². The maximum atomic E-state index is 11.7. The summed E-state index contributed by atoms with van der Waals surface area (Å²) < 4.78 is 24.8. The van der Waals surface area contributed by atoms with Gasteiger partial charge in [-0.3, -0.25) is 4.79 Å². The highest BCUT2D eigenvalue weighted by atomic mass is 32.2. The van der Waals surface area contributed by atoms with Crippen molar-refractivity contribution in [1.29, 1.82) is 0 Å². The third kappa shape index (κ3) is 7.62. The van der Waals surface area contributed by atoms with Crippen molar-refractivity contribution >= 4 is 15.9 Å². The fourth-order valence-electron chi connectivity index (χ4n) is 1.43. The lowest BCUT2D eigenvalue weighted by Gasteiger charge is -2.26. The second-order valence-electron chi connectivity index (χ2n) is 5.46. The second kappa shape index (κ2) is 6.49. The second-order valence-corrected chi connectivity index (χ2v) is 7.21. The molecule has 0 saturated heterocycles. The van der Waals surface area contributed by atoms with Gasteiger partial charge in [0.1, 0.15) is 0 Å². The van der Waals surface area contributed by atoms with Gasteiger partial charge in [-0.1, -0.05) is 0 Å². The number of nitrogens with one attached hydrogen (secondary N) is 2. The quantitative estimate of drug-likeness (QED) is 0.675. The number of hydrogen-bond donors (Lipinski definition) is 2. The van der Waals surface area contributed by atoms with Crippen LogP contribution in [-0.2, 0) is 14.8 Å². The van der Waals surface area contributed by atoms with Gasteiger partial charge in [-0.15, -0.1) is 0 Å². The van der Waals surface area contributed by atoms with Crippen molar-refractivity contribution in [1.82, 2.24) is 14.9 Å². The van der Waals surface area contributed by atoms with E-state index < -0.39 is 15.6 Å². The smallest absolute Gasteiger partial charge is 0.236 e. The molecule has 0 atom stereocenters. The minimum atomic E-state index is -3.25. The molecule has 0 fully saturated rings. The molecule has 0 heterocycles. The van der Waals surface area contributed by atoms with E-state index in [0.29, 0.717) is 6.54 Å². The number of carbonyl (C=O) groups is 1. The van der Waals surface area contributed by atoms with E-state index >= 15 is 0 Å². The number of likely N-dealkylation sites (N-methyl/N-ethyl adjacent to an activating group) is 1. The number of hydrogen-bond acceptors (Lipinski definition) is 4. The first kappa shape index (κ1) is 17.3. The van der Waals surface area contributed by atoms with Gasteiger partial charge in [-0.05, 0) is 27.7 Å². The maximum Gasteiger partial charge on any atom is 0.236 e. The van der Waals surface area contributed by atoms with Crippen molar-refractivity contribution in [3.05, 3.63) is 0 Å². The van der Waals surface area contributed by atoms with Gasteiger partial charge in [0.15, 0.2) is 0 Å². The van der Waals surface area contributed by atoms with E-state index in [9.17, 15) is 13.2 Å². The minimum absolute atomic E-state index is 0.0137. The lowest BCUT2D eigenvalue weighted by atomic mass is 10.1. The molecule has 0 aromatic heterocycles. The maximum absolute atomic E-state index is 11.7. The van der Waals surface area contributed by atoms with E-state index in [-0.39, 0.29) is 18.5 Å². The summed E-state index contributed by atoms with van der Waals surface area (Å²) >= 11 is 0. The summed E-state index contributed by atoms with van der Waals surface area (Å²) in [6.45, 7) is 7.98. The third-order valence-electron chi connectivity index (χ3n) is 2.47. The van der Waals surface area contributed by atoms with E-state index in [0.717, 1.165) is 6.26 Å². The molecule has 0 aromatic carbocycles. The van der Waals surface area contributed by atoms with Gasteiger partial charge in [0, 0.05) is 25.2 Å². The normalized spacial score (nSPS) is 12.8. The molecule has 6 nitrogen and oxygen atoms in total. The molecule has 0 aromatic rings. The first-order chi connectivity index (χ1) is 7.94. The highest BCUT2D eigenvalue weighted by Gasteiger charge is 2.22. The SMILES string of the molecule is CC(C)N(C)C(=O)CNCC(C)(C)NS(C)(=O)=O. The van der Waals surface area contributed by atoms with Gasteiger partial charge < -0.3 is 10.2 Å². The summed E-state index contributed by atoms with van der Waals surface area (Å²) in [5.41, 5.74) is -0.621. The predicted octanol–water partition coefficient (Wildman–Crippen LogP) is -0.229. The van der Waals surface area contributed by atoms with E-state index in [4.69, 9.17) is 0 Å². The molecule has 108 valence electrons. The van der Waals surface area contributed by atoms with Crippen molar-refractivity contribution in [2.45, 2.75) is 39.3 Å². The molecular formula is C11H25N3O3S. The molecule has 0 aliphatic rings. The van der Waals surface area contributed by atoms with Crippen LogP contribution in [-0.4, -0.2) is 57.2 Å². The molecule has 0 rings (SSSR count). The Labute approximate surface area is 110 Å². The summed E-state index contributed by atoms with van der Waals surface area (Å²) in [6, 6.07) is 0.154. The van der Waals surface area contributed by atoms with Crippen LogP contribution in [0.1, 0.15) is 27.7 Å². The Hall–Kier alpha value is -0.660. The summed E-state index contributed by atoms with van der Waals surface area (Å²) in [4.78, 5) is 13.3. The Morgan fingerprint density at radius 2 is 1.83 bits per heavy atom. The van der Waals surface area contributed by atoms with Crippen LogP contribution in [0.3, 0.4) is 0 Å². The van der Waals surface area contributed by atoms with Gasteiger partial charge in [0.2, 0.25) is 15.9 Å². The third-order valence-corrected chi connectivity index (χ3v) is 3.40. The molecule has 0 aliphatic heterocycles. The fourth-order valence-corrected chi connectivity index (χ4v) is 2.51. The molecule has 0 bridgehead atoms. The van der Waals surface area contributed by atoms with Gasteiger partial charge in [-0.25, -0.2) is 13.1 Å². The highest BCUT2D eigenvalue weighted by Crippen LogP contribution is 2.02. The predicted molar refractivity (Wildman–Crippen MR) is 72.8 cm³/mol. The average molecular weight is 279 g/mol. The van der Waals surface area contributed by atoms with Crippen molar-refractivity contribution in [2.75, 3.05) is 26.4 Å². The van der Waals surface area contributed by atoms with E-state index in [2.05, 4.69) is 10.0 Å². The van der Waals surface area contributed by atoms with Crippen molar-refractivity contribution in [3.63, 3.8) is 0 Å². The number of nitrogens with zero attached hydrogens (tertiary/aromatic N) is 1. The van der Waals surface area contributed by atoms with Crippen LogP contribution in [0.4, 0.5) is 0 Å².